The van der Waals surface area contributed by atoms with Crippen molar-refractivity contribution in [3.63, 3.8) is 0 Å². The number of nitrogens with two attached hydrogens (primary N) is 1. The third kappa shape index (κ3) is 3.24. The quantitative estimate of drug-likeness (QED) is 0.897. The van der Waals surface area contributed by atoms with Crippen molar-refractivity contribution in [3.8, 4) is 0 Å². The normalized spacial score (nSPS) is 18.4. The molecule has 20 heavy (non-hydrogen) atoms. The molecular weight excluding hydrogens is 340 g/mol. The number of nitrogens with zero attached hydrogens (tertiary/aromatic N) is 1. The highest BCUT2D eigenvalue weighted by atomic mass is 79.9. The first-order valence-corrected chi connectivity index (χ1v) is 9.21. The van der Waals surface area contributed by atoms with Crippen molar-refractivity contribution in [2.75, 3.05) is 13.1 Å². The molecule has 1 saturated heterocycles. The van der Waals surface area contributed by atoms with Crippen molar-refractivity contribution in [2.45, 2.75) is 37.6 Å². The Morgan fingerprint density at radius 1 is 1.35 bits per heavy atom. The molecule has 0 aliphatic carbocycles. The van der Waals surface area contributed by atoms with Crippen LogP contribution in [0.3, 0.4) is 0 Å². The second kappa shape index (κ2) is 6.56. The van der Waals surface area contributed by atoms with Gasteiger partial charge in [-0.2, -0.15) is 4.31 Å². The molecule has 0 atom stereocenters. The third-order valence-corrected chi connectivity index (χ3v) is 6.88. The lowest BCUT2D eigenvalue weighted by Gasteiger charge is -2.31. The van der Waals surface area contributed by atoms with Gasteiger partial charge in [0.2, 0.25) is 10.0 Å². The summed E-state index contributed by atoms with van der Waals surface area (Å²) < 4.78 is 27.5. The van der Waals surface area contributed by atoms with Crippen molar-refractivity contribution < 1.29 is 8.42 Å². The standard InChI is InChI=1S/C14H21BrN2O2S/c1-2-11-5-7-17(8-6-11)20(18,19)14-4-3-12(10-16)9-13(14)15/h3-4,9,11H,2,5-8,10,16H2,1H3. The second-order valence-electron chi connectivity index (χ2n) is 5.22. The summed E-state index contributed by atoms with van der Waals surface area (Å²) in [6.45, 7) is 3.80. The number of rotatable bonds is 4. The Labute approximate surface area is 129 Å². The number of piperidine rings is 1. The molecule has 0 unspecified atom stereocenters. The maximum absolute atomic E-state index is 12.7. The molecule has 2 N–H and O–H groups in total. The van der Waals surface area contributed by atoms with Gasteiger partial charge in [0, 0.05) is 24.1 Å². The van der Waals surface area contributed by atoms with Crippen LogP contribution in [-0.4, -0.2) is 25.8 Å². The molecule has 1 aliphatic rings. The van der Waals surface area contributed by atoms with Crippen LogP contribution in [0.25, 0.3) is 0 Å². The van der Waals surface area contributed by atoms with Crippen molar-refractivity contribution in [1.29, 1.82) is 0 Å². The van der Waals surface area contributed by atoms with Gasteiger partial charge in [0.15, 0.2) is 0 Å². The topological polar surface area (TPSA) is 63.4 Å². The smallest absolute Gasteiger partial charge is 0.244 e. The number of halogens is 1. The van der Waals surface area contributed by atoms with E-state index in [0.29, 0.717) is 34.9 Å². The van der Waals surface area contributed by atoms with Crippen LogP contribution in [0.5, 0.6) is 0 Å². The van der Waals surface area contributed by atoms with Crippen LogP contribution in [0.1, 0.15) is 31.7 Å². The number of benzene rings is 1. The van der Waals surface area contributed by atoms with Gasteiger partial charge in [0.05, 0.1) is 4.90 Å². The van der Waals surface area contributed by atoms with Gasteiger partial charge in [-0.25, -0.2) is 8.42 Å². The van der Waals surface area contributed by atoms with E-state index in [1.54, 1.807) is 22.5 Å². The Kier molecular flexibility index (Phi) is 5.23. The van der Waals surface area contributed by atoms with E-state index in [1.165, 1.54) is 0 Å². The summed E-state index contributed by atoms with van der Waals surface area (Å²) in [5.41, 5.74) is 6.49. The molecule has 0 spiro atoms. The fraction of sp³-hybridized carbons (Fsp3) is 0.571. The van der Waals surface area contributed by atoms with Gasteiger partial charge in [0.1, 0.15) is 0 Å². The molecular formula is C14H21BrN2O2S. The van der Waals surface area contributed by atoms with E-state index in [0.717, 1.165) is 24.8 Å². The Bertz CT molecular complexity index is 567. The molecule has 1 aromatic carbocycles. The molecule has 1 heterocycles. The molecule has 1 aliphatic heterocycles. The highest BCUT2D eigenvalue weighted by molar-refractivity contribution is 9.10. The third-order valence-electron chi connectivity index (χ3n) is 4.00. The summed E-state index contributed by atoms with van der Waals surface area (Å²) in [5.74, 6) is 0.657. The van der Waals surface area contributed by atoms with Crippen LogP contribution >= 0.6 is 15.9 Å². The van der Waals surface area contributed by atoms with Crippen LogP contribution in [0.4, 0.5) is 0 Å². The van der Waals surface area contributed by atoms with Crippen molar-refractivity contribution in [3.05, 3.63) is 28.2 Å². The van der Waals surface area contributed by atoms with E-state index >= 15 is 0 Å². The fourth-order valence-electron chi connectivity index (χ4n) is 2.58. The second-order valence-corrected chi connectivity index (χ2v) is 7.99. The average Bonchev–Trinajstić information content (AvgIpc) is 2.46. The van der Waals surface area contributed by atoms with Gasteiger partial charge in [-0.05, 0) is 52.4 Å². The Morgan fingerprint density at radius 3 is 2.50 bits per heavy atom. The largest absolute Gasteiger partial charge is 0.326 e. The van der Waals surface area contributed by atoms with Gasteiger partial charge in [-0.1, -0.05) is 19.4 Å². The van der Waals surface area contributed by atoms with Crippen LogP contribution < -0.4 is 5.73 Å². The monoisotopic (exact) mass is 360 g/mol. The predicted octanol–water partition coefficient (Wildman–Crippen LogP) is 2.72. The van der Waals surface area contributed by atoms with E-state index in [2.05, 4.69) is 22.9 Å². The summed E-state index contributed by atoms with van der Waals surface area (Å²) in [7, 11) is -3.40. The van der Waals surface area contributed by atoms with Gasteiger partial charge in [-0.15, -0.1) is 0 Å². The molecule has 0 aromatic heterocycles. The fourth-order valence-corrected chi connectivity index (χ4v) is 5.13. The summed E-state index contributed by atoms with van der Waals surface area (Å²) in [5, 5.41) is 0. The molecule has 1 aromatic rings. The first-order valence-electron chi connectivity index (χ1n) is 6.97. The first kappa shape index (κ1) is 15.9. The van der Waals surface area contributed by atoms with Crippen LogP contribution in [0.2, 0.25) is 0 Å². The highest BCUT2D eigenvalue weighted by Crippen LogP contribution is 2.29. The minimum Gasteiger partial charge on any atom is -0.326 e. The van der Waals surface area contributed by atoms with Crippen LogP contribution in [-0.2, 0) is 16.6 Å². The Hall–Kier alpha value is -0.430. The van der Waals surface area contributed by atoms with Crippen molar-refractivity contribution >= 4 is 26.0 Å². The lowest BCUT2D eigenvalue weighted by molar-refractivity contribution is 0.269. The molecule has 0 amide bonds. The molecule has 0 saturated carbocycles. The molecule has 4 nitrogen and oxygen atoms in total. The summed E-state index contributed by atoms with van der Waals surface area (Å²) >= 11 is 3.35. The van der Waals surface area contributed by atoms with Crippen molar-refractivity contribution in [1.82, 2.24) is 4.31 Å². The maximum Gasteiger partial charge on any atom is 0.244 e. The zero-order chi connectivity index (χ0) is 14.8. The minimum atomic E-state index is -3.40. The zero-order valence-electron chi connectivity index (χ0n) is 11.7. The Morgan fingerprint density at radius 2 is 2.00 bits per heavy atom. The first-order chi connectivity index (χ1) is 9.48. The lowest BCUT2D eigenvalue weighted by Crippen LogP contribution is -2.38. The number of hydrogen-bond donors (Lipinski definition) is 1. The zero-order valence-corrected chi connectivity index (χ0v) is 14.1. The van der Waals surface area contributed by atoms with Gasteiger partial charge in [-0.3, -0.25) is 0 Å². The number of sulfonamides is 1. The summed E-state index contributed by atoms with van der Waals surface area (Å²) in [6, 6.07) is 5.20. The maximum atomic E-state index is 12.7. The lowest BCUT2D eigenvalue weighted by atomic mass is 9.96. The van der Waals surface area contributed by atoms with E-state index in [-0.39, 0.29) is 0 Å². The van der Waals surface area contributed by atoms with Gasteiger partial charge >= 0.3 is 0 Å². The highest BCUT2D eigenvalue weighted by Gasteiger charge is 2.30. The minimum absolute atomic E-state index is 0.338. The van der Waals surface area contributed by atoms with E-state index in [9.17, 15) is 8.42 Å². The van der Waals surface area contributed by atoms with E-state index in [4.69, 9.17) is 5.73 Å². The Balaban J connectivity index is 2.23. The van der Waals surface area contributed by atoms with Crippen LogP contribution in [0, 0.1) is 5.92 Å². The molecule has 0 bridgehead atoms. The number of hydrogen-bond acceptors (Lipinski definition) is 3. The SMILES string of the molecule is CCC1CCN(S(=O)(=O)c2ccc(CN)cc2Br)CC1. The summed E-state index contributed by atoms with van der Waals surface area (Å²) in [4.78, 5) is 0.338. The van der Waals surface area contributed by atoms with Crippen molar-refractivity contribution in [2.24, 2.45) is 11.7 Å². The van der Waals surface area contributed by atoms with Crippen LogP contribution in [0.15, 0.2) is 27.6 Å². The van der Waals surface area contributed by atoms with E-state index in [1.807, 2.05) is 0 Å². The molecule has 112 valence electrons. The summed E-state index contributed by atoms with van der Waals surface area (Å²) in [6.07, 6.45) is 3.03. The van der Waals surface area contributed by atoms with E-state index < -0.39 is 10.0 Å². The molecule has 0 radical (unpaired) electrons. The predicted molar refractivity (Wildman–Crippen MR) is 83.8 cm³/mol. The van der Waals surface area contributed by atoms with Gasteiger partial charge in [0.25, 0.3) is 0 Å². The molecule has 1 fully saturated rings. The molecule has 2 rings (SSSR count). The average molecular weight is 361 g/mol. The molecule has 6 heteroatoms. The van der Waals surface area contributed by atoms with Gasteiger partial charge < -0.3 is 5.73 Å².